The summed E-state index contributed by atoms with van der Waals surface area (Å²) < 4.78 is 1.70. The number of benzene rings is 2. The second kappa shape index (κ2) is 5.89. The number of carboxylic acid groups (broad SMARTS) is 1. The van der Waals surface area contributed by atoms with Gasteiger partial charge in [0.25, 0.3) is 0 Å². The van der Waals surface area contributed by atoms with Gasteiger partial charge in [0.1, 0.15) is 5.69 Å². The van der Waals surface area contributed by atoms with Gasteiger partial charge >= 0.3 is 5.97 Å². The standard InChI is InChI=1S/C18H14ClN3O2S/c1-18(16(23)24)10-25-17(20-18)22-14-9-12(19)7-8-13(14)15(21-22)11-5-3-2-4-6-11/h2-9H,10H2,1H3,(H,23,24). The molecule has 0 spiro atoms. The molecule has 3 aromatic rings. The van der Waals surface area contributed by atoms with Gasteiger partial charge in [0.05, 0.1) is 5.52 Å². The van der Waals surface area contributed by atoms with Crippen LogP contribution < -0.4 is 0 Å². The summed E-state index contributed by atoms with van der Waals surface area (Å²) in [7, 11) is 0. The van der Waals surface area contributed by atoms with Gasteiger partial charge in [-0.3, -0.25) is 0 Å². The molecule has 5 nitrogen and oxygen atoms in total. The van der Waals surface area contributed by atoms with Crippen LogP contribution in [-0.2, 0) is 4.79 Å². The van der Waals surface area contributed by atoms with Crippen molar-refractivity contribution in [1.29, 1.82) is 0 Å². The SMILES string of the molecule is CC1(C(=O)O)CSC(n2nc(-c3ccccc3)c3ccc(Cl)cc32)=N1. The van der Waals surface area contributed by atoms with Gasteiger partial charge in [-0.15, -0.1) is 0 Å². The Kier molecular flexibility index (Phi) is 3.81. The van der Waals surface area contributed by atoms with Crippen LogP contribution in [0.3, 0.4) is 0 Å². The lowest BCUT2D eigenvalue weighted by molar-refractivity contribution is -0.141. The second-order valence-electron chi connectivity index (χ2n) is 6.05. The van der Waals surface area contributed by atoms with Crippen molar-refractivity contribution in [3.8, 4) is 11.3 Å². The fourth-order valence-corrected chi connectivity index (χ4v) is 4.03. The Labute approximate surface area is 153 Å². The number of thioether (sulfide) groups is 1. The Bertz CT molecular complexity index is 1020. The van der Waals surface area contributed by atoms with E-state index in [1.165, 1.54) is 11.8 Å². The predicted molar refractivity (Wildman–Crippen MR) is 102 cm³/mol. The molecule has 1 aromatic heterocycles. The zero-order chi connectivity index (χ0) is 17.6. The van der Waals surface area contributed by atoms with Crippen molar-refractivity contribution in [3.05, 3.63) is 53.6 Å². The van der Waals surface area contributed by atoms with E-state index in [1.807, 2.05) is 48.5 Å². The maximum absolute atomic E-state index is 11.5. The fraction of sp³-hybridized carbons (Fsp3) is 0.167. The first-order valence-corrected chi connectivity index (χ1v) is 9.04. The van der Waals surface area contributed by atoms with Gasteiger partial charge in [-0.25, -0.2) is 14.5 Å². The van der Waals surface area contributed by atoms with Crippen LogP contribution in [0.2, 0.25) is 5.02 Å². The Morgan fingerprint density at radius 1 is 1.28 bits per heavy atom. The molecule has 1 unspecified atom stereocenters. The number of aromatic nitrogens is 2. The highest BCUT2D eigenvalue weighted by molar-refractivity contribution is 8.14. The molecule has 0 aliphatic carbocycles. The first-order valence-electron chi connectivity index (χ1n) is 7.68. The lowest BCUT2D eigenvalue weighted by atomic mass is 10.1. The Balaban J connectivity index is 1.94. The number of fused-ring (bicyclic) bond motifs is 1. The third-order valence-electron chi connectivity index (χ3n) is 4.16. The van der Waals surface area contributed by atoms with Crippen molar-refractivity contribution in [2.75, 3.05) is 5.75 Å². The van der Waals surface area contributed by atoms with Gasteiger partial charge in [-0.2, -0.15) is 5.10 Å². The average Bonchev–Trinajstić information content (AvgIpc) is 3.17. The third-order valence-corrected chi connectivity index (χ3v) is 5.62. The number of halogens is 1. The molecule has 1 N–H and O–H groups in total. The molecule has 1 aliphatic rings. The van der Waals surface area contributed by atoms with Crippen molar-refractivity contribution >= 4 is 45.4 Å². The zero-order valence-electron chi connectivity index (χ0n) is 13.3. The molecule has 1 atom stereocenters. The van der Waals surface area contributed by atoms with Gasteiger partial charge in [0.15, 0.2) is 10.7 Å². The van der Waals surface area contributed by atoms with Gasteiger partial charge in [-0.1, -0.05) is 53.7 Å². The summed E-state index contributed by atoms with van der Waals surface area (Å²) >= 11 is 7.56. The summed E-state index contributed by atoms with van der Waals surface area (Å²) in [4.78, 5) is 15.9. The Hall–Kier alpha value is -2.31. The quantitative estimate of drug-likeness (QED) is 0.734. The van der Waals surface area contributed by atoms with Crippen molar-refractivity contribution < 1.29 is 9.90 Å². The minimum absolute atomic E-state index is 0.375. The van der Waals surface area contributed by atoms with Crippen LogP contribution >= 0.6 is 23.4 Å². The van der Waals surface area contributed by atoms with E-state index in [4.69, 9.17) is 16.7 Å². The van der Waals surface area contributed by atoms with Gasteiger partial charge in [-0.05, 0) is 25.1 Å². The molecule has 1 aliphatic heterocycles. The number of aliphatic imine (C=N–C) groups is 1. The summed E-state index contributed by atoms with van der Waals surface area (Å²) in [5, 5.41) is 16.2. The van der Waals surface area contributed by atoms with Crippen molar-refractivity contribution in [1.82, 2.24) is 9.78 Å². The highest BCUT2D eigenvalue weighted by Gasteiger charge is 2.39. The number of hydrogen-bond donors (Lipinski definition) is 1. The van der Waals surface area contributed by atoms with Gasteiger partial charge in [0.2, 0.25) is 0 Å². The number of carbonyl (C=O) groups is 1. The molecule has 2 heterocycles. The molecule has 0 saturated carbocycles. The van der Waals surface area contributed by atoms with Crippen LogP contribution in [0.4, 0.5) is 0 Å². The van der Waals surface area contributed by atoms with Crippen LogP contribution in [0, 0.1) is 0 Å². The number of hydrogen-bond acceptors (Lipinski definition) is 4. The van der Waals surface area contributed by atoms with E-state index >= 15 is 0 Å². The number of carboxylic acids is 1. The number of nitrogens with zero attached hydrogens (tertiary/aromatic N) is 3. The third kappa shape index (κ3) is 2.71. The highest BCUT2D eigenvalue weighted by Crippen LogP contribution is 2.34. The summed E-state index contributed by atoms with van der Waals surface area (Å²) in [5.74, 6) is -0.562. The lowest BCUT2D eigenvalue weighted by Crippen LogP contribution is -2.33. The summed E-state index contributed by atoms with van der Waals surface area (Å²) in [6.45, 7) is 1.62. The van der Waals surface area contributed by atoms with Crippen LogP contribution in [0.1, 0.15) is 6.92 Å². The second-order valence-corrected chi connectivity index (χ2v) is 7.43. The van der Waals surface area contributed by atoms with E-state index in [9.17, 15) is 9.90 Å². The maximum atomic E-state index is 11.5. The van der Waals surface area contributed by atoms with E-state index in [-0.39, 0.29) is 0 Å². The van der Waals surface area contributed by atoms with Gasteiger partial charge in [0, 0.05) is 21.7 Å². The van der Waals surface area contributed by atoms with E-state index in [0.29, 0.717) is 15.9 Å². The normalized spacial score (nSPS) is 20.0. The van der Waals surface area contributed by atoms with Gasteiger partial charge < -0.3 is 5.11 Å². The zero-order valence-corrected chi connectivity index (χ0v) is 14.9. The molecule has 4 rings (SSSR count). The monoisotopic (exact) mass is 371 g/mol. The van der Waals surface area contributed by atoms with E-state index < -0.39 is 11.5 Å². The summed E-state index contributed by atoms with van der Waals surface area (Å²) in [5.41, 5.74) is 1.48. The molecule has 25 heavy (non-hydrogen) atoms. The molecule has 0 bridgehead atoms. The van der Waals surface area contributed by atoms with E-state index in [1.54, 1.807) is 11.6 Å². The Morgan fingerprint density at radius 2 is 2.04 bits per heavy atom. The summed E-state index contributed by atoms with van der Waals surface area (Å²) in [6.07, 6.45) is 0. The van der Waals surface area contributed by atoms with Crippen LogP contribution in [0.25, 0.3) is 22.2 Å². The molecule has 0 amide bonds. The minimum atomic E-state index is -1.14. The molecular weight excluding hydrogens is 358 g/mol. The number of rotatable bonds is 2. The molecule has 2 aromatic carbocycles. The molecule has 126 valence electrons. The van der Waals surface area contributed by atoms with Crippen molar-refractivity contribution in [2.45, 2.75) is 12.5 Å². The predicted octanol–water partition coefficient (Wildman–Crippen LogP) is 4.15. The average molecular weight is 372 g/mol. The van der Waals surface area contributed by atoms with Crippen molar-refractivity contribution in [3.63, 3.8) is 0 Å². The van der Waals surface area contributed by atoms with Crippen LogP contribution in [-0.4, -0.2) is 37.3 Å². The maximum Gasteiger partial charge on any atom is 0.332 e. The molecular formula is C18H14ClN3O2S. The Morgan fingerprint density at radius 3 is 2.72 bits per heavy atom. The molecule has 0 saturated heterocycles. The van der Waals surface area contributed by atoms with Crippen molar-refractivity contribution in [2.24, 2.45) is 4.99 Å². The lowest BCUT2D eigenvalue weighted by Gasteiger charge is -2.11. The van der Waals surface area contributed by atoms with E-state index in [0.717, 1.165) is 22.2 Å². The first-order chi connectivity index (χ1) is 12.0. The molecule has 0 fully saturated rings. The van der Waals surface area contributed by atoms with Crippen LogP contribution in [0.5, 0.6) is 0 Å². The largest absolute Gasteiger partial charge is 0.479 e. The molecule has 7 heteroatoms. The van der Waals surface area contributed by atoms with E-state index in [2.05, 4.69) is 4.99 Å². The first kappa shape index (κ1) is 16.2. The minimum Gasteiger partial charge on any atom is -0.479 e. The molecule has 0 radical (unpaired) electrons. The fourth-order valence-electron chi connectivity index (χ4n) is 2.74. The highest BCUT2D eigenvalue weighted by atomic mass is 35.5. The summed E-state index contributed by atoms with van der Waals surface area (Å²) in [6, 6.07) is 15.4. The number of aliphatic carboxylic acids is 1. The smallest absolute Gasteiger partial charge is 0.332 e. The van der Waals surface area contributed by atoms with Crippen LogP contribution in [0.15, 0.2) is 53.5 Å². The topological polar surface area (TPSA) is 67.5 Å².